The van der Waals surface area contributed by atoms with Gasteiger partial charge in [0, 0.05) is 30.2 Å². The first-order valence-corrected chi connectivity index (χ1v) is 9.79. The van der Waals surface area contributed by atoms with Crippen LogP contribution in [-0.2, 0) is 4.79 Å². The predicted molar refractivity (Wildman–Crippen MR) is 109 cm³/mol. The molecule has 9 nitrogen and oxygen atoms in total. The molecule has 0 aliphatic carbocycles. The fourth-order valence-corrected chi connectivity index (χ4v) is 4.33. The van der Waals surface area contributed by atoms with Crippen molar-refractivity contribution in [2.75, 3.05) is 37.0 Å². The lowest BCUT2D eigenvalue weighted by Crippen LogP contribution is -2.69. The van der Waals surface area contributed by atoms with Crippen LogP contribution in [0.2, 0.25) is 5.02 Å². The van der Waals surface area contributed by atoms with Gasteiger partial charge in [-0.05, 0) is 36.8 Å². The van der Waals surface area contributed by atoms with Crippen molar-refractivity contribution in [3.8, 4) is 5.75 Å². The van der Waals surface area contributed by atoms with Crippen molar-refractivity contribution in [2.24, 2.45) is 0 Å². The second-order valence-corrected chi connectivity index (χ2v) is 7.78. The van der Waals surface area contributed by atoms with Crippen molar-refractivity contribution in [1.82, 2.24) is 24.7 Å². The number of hydrogen-bond donors (Lipinski definition) is 1. The average Bonchev–Trinajstić information content (AvgIpc) is 3.20. The van der Waals surface area contributed by atoms with Gasteiger partial charge >= 0.3 is 0 Å². The topological polar surface area (TPSA) is 87.9 Å². The van der Waals surface area contributed by atoms with E-state index in [4.69, 9.17) is 16.3 Å². The number of carbonyl (C=O) groups excluding carboxylic acids is 1. The zero-order valence-corrected chi connectivity index (χ0v) is 16.6. The third-order valence-corrected chi connectivity index (χ3v) is 5.81. The lowest BCUT2D eigenvalue weighted by molar-refractivity contribution is -0.121. The van der Waals surface area contributed by atoms with Crippen molar-refractivity contribution < 1.29 is 9.53 Å². The lowest BCUT2D eigenvalue weighted by atomic mass is 9.87. The molecule has 2 unspecified atom stereocenters. The van der Waals surface area contributed by atoms with Crippen molar-refractivity contribution in [3.63, 3.8) is 0 Å². The molecule has 1 amide bonds. The standard InChI is InChI=1S/C19H20ClN7O2/c1-29-16-3-2-12(20)6-15(16)22-19(28)10-26-13-7-14(26)9-25(8-13)18-5-4-17-23-21-11-27(17)24-18/h2-6,11,13-14H,7-10H2,1H3,(H,22,28). The fourth-order valence-electron chi connectivity index (χ4n) is 4.15. The van der Waals surface area contributed by atoms with Crippen LogP contribution in [0.15, 0.2) is 36.7 Å². The molecule has 3 saturated heterocycles. The first-order chi connectivity index (χ1) is 14.1. The van der Waals surface area contributed by atoms with Gasteiger partial charge in [0.2, 0.25) is 5.91 Å². The van der Waals surface area contributed by atoms with Gasteiger partial charge in [-0.2, -0.15) is 4.52 Å². The Labute approximate surface area is 172 Å². The molecule has 150 valence electrons. The molecular formula is C19H20ClN7O2. The Balaban J connectivity index is 1.22. The minimum Gasteiger partial charge on any atom is -0.495 e. The Morgan fingerprint density at radius 2 is 2.10 bits per heavy atom. The number of amides is 1. The molecule has 5 heterocycles. The number of carbonyl (C=O) groups is 1. The third-order valence-electron chi connectivity index (χ3n) is 5.58. The lowest BCUT2D eigenvalue weighted by Gasteiger charge is -2.56. The van der Waals surface area contributed by atoms with Crippen LogP contribution >= 0.6 is 11.6 Å². The SMILES string of the molecule is COc1ccc(Cl)cc1NC(=O)CN1C2CC1CN(c1ccc3nncn3n1)C2. The summed E-state index contributed by atoms with van der Waals surface area (Å²) < 4.78 is 6.98. The highest BCUT2D eigenvalue weighted by Crippen LogP contribution is 2.34. The Bertz CT molecular complexity index is 1060. The second-order valence-electron chi connectivity index (χ2n) is 7.34. The van der Waals surface area contributed by atoms with Gasteiger partial charge in [-0.1, -0.05) is 11.6 Å². The minimum absolute atomic E-state index is 0.0715. The van der Waals surface area contributed by atoms with Gasteiger partial charge in [0.15, 0.2) is 5.65 Å². The number of piperazine rings is 1. The average molecular weight is 414 g/mol. The predicted octanol–water partition coefficient (Wildman–Crippen LogP) is 1.69. The summed E-state index contributed by atoms with van der Waals surface area (Å²) in [7, 11) is 1.57. The molecule has 3 aliphatic heterocycles. The molecule has 3 aliphatic rings. The molecule has 2 aromatic heterocycles. The molecule has 3 fully saturated rings. The maximum absolute atomic E-state index is 12.6. The van der Waals surface area contributed by atoms with Crippen molar-refractivity contribution in [1.29, 1.82) is 0 Å². The van der Waals surface area contributed by atoms with Crippen LogP contribution in [0.3, 0.4) is 0 Å². The maximum atomic E-state index is 12.6. The number of rotatable bonds is 5. The van der Waals surface area contributed by atoms with Crippen LogP contribution < -0.4 is 15.0 Å². The van der Waals surface area contributed by atoms with E-state index in [0.717, 1.165) is 31.0 Å². The summed E-state index contributed by atoms with van der Waals surface area (Å²) in [6, 6.07) is 9.72. The minimum atomic E-state index is -0.0715. The van der Waals surface area contributed by atoms with E-state index in [1.807, 2.05) is 12.1 Å². The number of anilines is 2. The third kappa shape index (κ3) is 3.36. The highest BCUT2D eigenvalue weighted by atomic mass is 35.5. The van der Waals surface area contributed by atoms with Gasteiger partial charge in [-0.3, -0.25) is 9.69 Å². The van der Waals surface area contributed by atoms with Gasteiger partial charge in [-0.25, -0.2) is 0 Å². The molecule has 1 aromatic carbocycles. The van der Waals surface area contributed by atoms with Crippen LogP contribution in [0.1, 0.15) is 6.42 Å². The summed E-state index contributed by atoms with van der Waals surface area (Å²) in [6.07, 6.45) is 2.70. The number of aromatic nitrogens is 4. The number of nitrogens with one attached hydrogen (secondary N) is 1. The number of ether oxygens (including phenoxy) is 1. The maximum Gasteiger partial charge on any atom is 0.238 e. The Kier molecular flexibility index (Phi) is 4.48. The molecule has 10 heteroatoms. The van der Waals surface area contributed by atoms with E-state index in [1.165, 1.54) is 0 Å². The Morgan fingerprint density at radius 3 is 2.90 bits per heavy atom. The summed E-state index contributed by atoms with van der Waals surface area (Å²) >= 11 is 6.04. The van der Waals surface area contributed by atoms with E-state index >= 15 is 0 Å². The molecule has 2 atom stereocenters. The number of benzene rings is 1. The molecular weight excluding hydrogens is 394 g/mol. The molecule has 0 spiro atoms. The Hall–Kier alpha value is -2.91. The van der Waals surface area contributed by atoms with Gasteiger partial charge in [0.25, 0.3) is 0 Å². The number of piperidine rings is 1. The molecule has 0 radical (unpaired) electrons. The monoisotopic (exact) mass is 413 g/mol. The highest BCUT2D eigenvalue weighted by molar-refractivity contribution is 6.31. The number of methoxy groups -OCH3 is 1. The van der Waals surface area contributed by atoms with Crippen LogP contribution in [0.4, 0.5) is 11.5 Å². The summed E-state index contributed by atoms with van der Waals surface area (Å²) in [5, 5.41) is 15.9. The van der Waals surface area contributed by atoms with Gasteiger partial charge in [0.1, 0.15) is 17.9 Å². The quantitative estimate of drug-likeness (QED) is 0.680. The molecule has 2 bridgehead atoms. The number of hydrogen-bond acceptors (Lipinski definition) is 7. The van der Waals surface area contributed by atoms with E-state index in [9.17, 15) is 4.79 Å². The first-order valence-electron chi connectivity index (χ1n) is 9.42. The van der Waals surface area contributed by atoms with Crippen molar-refractivity contribution in [2.45, 2.75) is 18.5 Å². The fraction of sp³-hybridized carbons (Fsp3) is 0.368. The summed E-state index contributed by atoms with van der Waals surface area (Å²) in [6.45, 7) is 2.02. The van der Waals surface area contributed by atoms with Gasteiger partial charge in [0.05, 0.1) is 19.3 Å². The van der Waals surface area contributed by atoms with Crippen LogP contribution in [0.25, 0.3) is 5.65 Å². The Morgan fingerprint density at radius 1 is 1.28 bits per heavy atom. The largest absolute Gasteiger partial charge is 0.495 e. The van der Waals surface area contributed by atoms with Crippen molar-refractivity contribution in [3.05, 3.63) is 41.7 Å². The summed E-state index contributed by atoms with van der Waals surface area (Å²) in [5.41, 5.74) is 1.31. The smallest absolute Gasteiger partial charge is 0.238 e. The molecule has 0 saturated carbocycles. The normalized spacial score (nSPS) is 21.1. The molecule has 3 aromatic rings. The number of fused-ring (bicyclic) bond motifs is 3. The molecule has 1 N–H and O–H groups in total. The van der Waals surface area contributed by atoms with Gasteiger partial charge < -0.3 is 15.0 Å². The van der Waals surface area contributed by atoms with E-state index < -0.39 is 0 Å². The van der Waals surface area contributed by atoms with E-state index in [0.29, 0.717) is 35.1 Å². The van der Waals surface area contributed by atoms with E-state index in [-0.39, 0.29) is 5.91 Å². The second kappa shape index (κ2) is 7.16. The van der Waals surface area contributed by atoms with Crippen molar-refractivity contribution >= 4 is 34.7 Å². The zero-order chi connectivity index (χ0) is 20.0. The van der Waals surface area contributed by atoms with Crippen LogP contribution in [0.5, 0.6) is 5.75 Å². The first kappa shape index (κ1) is 18.1. The molecule has 29 heavy (non-hydrogen) atoms. The summed E-state index contributed by atoms with van der Waals surface area (Å²) in [4.78, 5) is 17.1. The highest BCUT2D eigenvalue weighted by Gasteiger charge is 2.45. The van der Waals surface area contributed by atoms with Gasteiger partial charge in [-0.15, -0.1) is 15.3 Å². The number of halogens is 1. The van der Waals surface area contributed by atoms with Crippen LogP contribution in [0, 0.1) is 0 Å². The van der Waals surface area contributed by atoms with Crippen LogP contribution in [-0.4, -0.2) is 69.4 Å². The zero-order valence-electron chi connectivity index (χ0n) is 15.8. The summed E-state index contributed by atoms with van der Waals surface area (Å²) in [5.74, 6) is 1.42. The number of nitrogens with zero attached hydrogens (tertiary/aromatic N) is 6. The molecule has 6 rings (SSSR count). The van der Waals surface area contributed by atoms with E-state index in [1.54, 1.807) is 36.2 Å². The van der Waals surface area contributed by atoms with E-state index in [2.05, 4.69) is 30.4 Å².